The molecular weight excluding hydrogens is 419 g/mol. The van der Waals surface area contributed by atoms with Crippen LogP contribution in [-0.4, -0.2) is 15.0 Å². The maximum absolute atomic E-state index is 13.8. The van der Waals surface area contributed by atoms with Crippen molar-refractivity contribution in [2.24, 2.45) is 0 Å². The van der Waals surface area contributed by atoms with Crippen LogP contribution in [0.1, 0.15) is 25.8 Å². The molecule has 0 saturated heterocycles. The molecule has 0 fully saturated rings. The molecule has 0 atom stereocenters. The van der Waals surface area contributed by atoms with Crippen molar-refractivity contribution in [3.8, 4) is 11.5 Å². The standard InChI is InChI=1S/C21H21FN2O4S.C2H6/c1-16-13-18(27-12-4-9-24-10-7-17(23)8-11-24)15-19(14-16)28-29(25,26)21-6-3-2-5-20(21)22;1-2/h2-3,5-8,10-11,13-15,23H,4,9,12H2,1H3;1-2H3/p+1. The molecule has 0 unspecified atom stereocenters. The second kappa shape index (κ2) is 11.3. The summed E-state index contributed by atoms with van der Waals surface area (Å²) in [7, 11) is -4.29. The highest BCUT2D eigenvalue weighted by Crippen LogP contribution is 2.26. The van der Waals surface area contributed by atoms with Crippen LogP contribution in [0.4, 0.5) is 10.1 Å². The molecule has 0 saturated carbocycles. The van der Waals surface area contributed by atoms with E-state index in [1.807, 2.05) is 42.9 Å². The maximum atomic E-state index is 13.8. The lowest BCUT2D eigenvalue weighted by atomic mass is 10.2. The SMILES string of the molecule is CC.Cc1cc(OCCC[n+]2ccc(N)cc2)cc(OS(=O)(=O)c2ccccc2F)c1. The number of aryl methyl sites for hydroxylation is 2. The Bertz CT molecular complexity index is 1090. The largest absolute Gasteiger partial charge is 0.493 e. The molecule has 0 radical (unpaired) electrons. The molecule has 2 N–H and O–H groups in total. The number of aromatic nitrogens is 1. The van der Waals surface area contributed by atoms with Crippen LogP contribution in [0.2, 0.25) is 0 Å². The average molecular weight is 448 g/mol. The summed E-state index contributed by atoms with van der Waals surface area (Å²) >= 11 is 0. The number of pyridine rings is 1. The van der Waals surface area contributed by atoms with E-state index in [0.29, 0.717) is 18.0 Å². The highest BCUT2D eigenvalue weighted by Gasteiger charge is 2.21. The second-order valence-electron chi connectivity index (χ2n) is 6.52. The minimum atomic E-state index is -4.29. The van der Waals surface area contributed by atoms with Gasteiger partial charge in [0.15, 0.2) is 18.9 Å². The Morgan fingerprint density at radius 1 is 1.00 bits per heavy atom. The summed E-state index contributed by atoms with van der Waals surface area (Å²) in [6.45, 7) is 6.97. The van der Waals surface area contributed by atoms with Gasteiger partial charge < -0.3 is 14.7 Å². The Kier molecular flexibility index (Phi) is 8.81. The van der Waals surface area contributed by atoms with Gasteiger partial charge in [-0.05, 0) is 36.8 Å². The van der Waals surface area contributed by atoms with E-state index in [1.165, 1.54) is 18.2 Å². The second-order valence-corrected chi connectivity index (χ2v) is 8.04. The van der Waals surface area contributed by atoms with Crippen molar-refractivity contribution in [2.75, 3.05) is 12.3 Å². The molecule has 1 heterocycles. The summed E-state index contributed by atoms with van der Waals surface area (Å²) < 4.78 is 51.4. The van der Waals surface area contributed by atoms with Crippen LogP contribution in [0.25, 0.3) is 0 Å². The first kappa shape index (κ1) is 24.1. The van der Waals surface area contributed by atoms with Crippen molar-refractivity contribution < 1.29 is 26.3 Å². The third-order valence-electron chi connectivity index (χ3n) is 4.08. The van der Waals surface area contributed by atoms with Gasteiger partial charge >= 0.3 is 10.1 Å². The monoisotopic (exact) mass is 447 g/mol. The first-order chi connectivity index (χ1) is 14.8. The Labute approximate surface area is 183 Å². The first-order valence-corrected chi connectivity index (χ1v) is 11.4. The van der Waals surface area contributed by atoms with Crippen molar-refractivity contribution in [3.05, 3.63) is 78.4 Å². The molecular formula is C23H28FN2O4S+. The normalized spacial score (nSPS) is 10.7. The number of hydrogen-bond donors (Lipinski definition) is 1. The van der Waals surface area contributed by atoms with Crippen LogP contribution in [0.3, 0.4) is 0 Å². The van der Waals surface area contributed by atoms with E-state index >= 15 is 0 Å². The van der Waals surface area contributed by atoms with Gasteiger partial charge in [-0.1, -0.05) is 26.0 Å². The molecule has 2 aromatic carbocycles. The molecule has 0 aliphatic rings. The van der Waals surface area contributed by atoms with Crippen molar-refractivity contribution in [3.63, 3.8) is 0 Å². The summed E-state index contributed by atoms with van der Waals surface area (Å²) in [5, 5.41) is 0. The number of nitrogens with two attached hydrogens (primary N) is 1. The number of rotatable bonds is 8. The molecule has 166 valence electrons. The molecule has 0 spiro atoms. The molecule has 0 amide bonds. The van der Waals surface area contributed by atoms with Gasteiger partial charge in [-0.3, -0.25) is 0 Å². The highest BCUT2D eigenvalue weighted by molar-refractivity contribution is 7.87. The van der Waals surface area contributed by atoms with Gasteiger partial charge in [0.05, 0.1) is 6.61 Å². The quantitative estimate of drug-likeness (QED) is 0.317. The lowest BCUT2D eigenvalue weighted by Gasteiger charge is -2.11. The summed E-state index contributed by atoms with van der Waals surface area (Å²) in [6, 6.07) is 13.5. The average Bonchev–Trinajstić information content (AvgIpc) is 2.73. The number of ether oxygens (including phenoxy) is 1. The Balaban J connectivity index is 0.00000166. The Morgan fingerprint density at radius 2 is 1.65 bits per heavy atom. The first-order valence-electron chi connectivity index (χ1n) is 10.0. The van der Waals surface area contributed by atoms with Gasteiger partial charge in [-0.25, -0.2) is 8.96 Å². The predicted octanol–water partition coefficient (Wildman–Crippen LogP) is 4.27. The van der Waals surface area contributed by atoms with Crippen LogP contribution in [0.15, 0.2) is 71.9 Å². The number of halogens is 1. The fourth-order valence-corrected chi connectivity index (χ4v) is 3.71. The van der Waals surface area contributed by atoms with Gasteiger partial charge in [-0.2, -0.15) is 8.42 Å². The molecule has 0 aliphatic carbocycles. The number of nitrogen functional groups attached to an aromatic ring is 1. The molecule has 0 aliphatic heterocycles. The minimum absolute atomic E-state index is 0.0659. The zero-order valence-corrected chi connectivity index (χ0v) is 18.7. The number of benzene rings is 2. The zero-order valence-electron chi connectivity index (χ0n) is 17.9. The summed E-state index contributed by atoms with van der Waals surface area (Å²) in [5.74, 6) is -0.320. The van der Waals surface area contributed by atoms with E-state index in [0.717, 1.165) is 30.7 Å². The van der Waals surface area contributed by atoms with Crippen LogP contribution < -0.4 is 19.2 Å². The van der Waals surface area contributed by atoms with Gasteiger partial charge in [0.2, 0.25) is 0 Å². The lowest BCUT2D eigenvalue weighted by Crippen LogP contribution is -2.33. The van der Waals surface area contributed by atoms with Crippen LogP contribution in [-0.2, 0) is 16.7 Å². The van der Waals surface area contributed by atoms with E-state index in [1.54, 1.807) is 19.1 Å². The lowest BCUT2D eigenvalue weighted by molar-refractivity contribution is -0.697. The van der Waals surface area contributed by atoms with E-state index in [2.05, 4.69) is 0 Å². The summed E-state index contributed by atoms with van der Waals surface area (Å²) in [5.41, 5.74) is 7.12. The molecule has 3 rings (SSSR count). The fraction of sp³-hybridized carbons (Fsp3) is 0.261. The van der Waals surface area contributed by atoms with Crippen LogP contribution >= 0.6 is 0 Å². The van der Waals surface area contributed by atoms with Crippen molar-refractivity contribution in [1.82, 2.24) is 0 Å². The topological polar surface area (TPSA) is 82.5 Å². The Morgan fingerprint density at radius 3 is 2.32 bits per heavy atom. The molecule has 3 aromatic rings. The van der Waals surface area contributed by atoms with Crippen molar-refractivity contribution in [2.45, 2.75) is 38.6 Å². The summed E-state index contributed by atoms with van der Waals surface area (Å²) in [4.78, 5) is -0.510. The molecule has 8 heteroatoms. The summed E-state index contributed by atoms with van der Waals surface area (Å²) in [6.07, 6.45) is 4.52. The van der Waals surface area contributed by atoms with E-state index in [4.69, 9.17) is 14.7 Å². The Hall–Kier alpha value is -3.13. The van der Waals surface area contributed by atoms with Crippen molar-refractivity contribution >= 4 is 15.8 Å². The molecule has 31 heavy (non-hydrogen) atoms. The third kappa shape index (κ3) is 7.25. The number of anilines is 1. The van der Waals surface area contributed by atoms with Gasteiger partial charge in [0, 0.05) is 30.3 Å². The van der Waals surface area contributed by atoms with Crippen LogP contribution in [0.5, 0.6) is 11.5 Å². The van der Waals surface area contributed by atoms with Crippen molar-refractivity contribution in [1.29, 1.82) is 0 Å². The molecule has 0 bridgehead atoms. The fourth-order valence-electron chi connectivity index (χ4n) is 2.72. The highest BCUT2D eigenvalue weighted by atomic mass is 32.2. The maximum Gasteiger partial charge on any atom is 0.342 e. The minimum Gasteiger partial charge on any atom is -0.493 e. The van der Waals surface area contributed by atoms with E-state index in [9.17, 15) is 12.8 Å². The third-order valence-corrected chi connectivity index (χ3v) is 5.36. The van der Waals surface area contributed by atoms with Crippen LogP contribution in [0, 0.1) is 12.7 Å². The van der Waals surface area contributed by atoms with E-state index in [-0.39, 0.29) is 5.75 Å². The zero-order chi connectivity index (χ0) is 22.9. The number of nitrogens with zero attached hydrogens (tertiary/aromatic N) is 1. The number of hydrogen-bond acceptors (Lipinski definition) is 5. The molecule has 6 nitrogen and oxygen atoms in total. The smallest absolute Gasteiger partial charge is 0.342 e. The van der Waals surface area contributed by atoms with Gasteiger partial charge in [0.25, 0.3) is 0 Å². The van der Waals surface area contributed by atoms with E-state index < -0.39 is 20.8 Å². The predicted molar refractivity (Wildman–Crippen MR) is 118 cm³/mol. The van der Waals surface area contributed by atoms with Gasteiger partial charge in [0.1, 0.15) is 22.2 Å². The molecule has 1 aromatic heterocycles. The van der Waals surface area contributed by atoms with Gasteiger partial charge in [-0.15, -0.1) is 0 Å².